The summed E-state index contributed by atoms with van der Waals surface area (Å²) < 4.78 is 38.9. The van der Waals surface area contributed by atoms with Gasteiger partial charge in [-0.1, -0.05) is 36.0 Å². The molecule has 5 unspecified atom stereocenters. The number of hydrogen-bond donors (Lipinski definition) is 4. The van der Waals surface area contributed by atoms with Gasteiger partial charge in [0.25, 0.3) is 0 Å². The average Bonchev–Trinajstić information content (AvgIpc) is 3.15. The number of aliphatic hydroxyl groups excluding tert-OH is 2. The summed E-state index contributed by atoms with van der Waals surface area (Å²) in [7, 11) is 0. The first kappa shape index (κ1) is 21.7. The predicted octanol–water partition coefficient (Wildman–Crippen LogP) is 3.34. The van der Waals surface area contributed by atoms with Crippen LogP contribution < -0.4 is 10.6 Å². The number of carbonyl (C=O) groups is 1. The van der Waals surface area contributed by atoms with Crippen molar-refractivity contribution in [3.63, 3.8) is 0 Å². The first-order valence-corrected chi connectivity index (χ1v) is 10.5. The second kappa shape index (κ2) is 8.52. The molecule has 4 N–H and O–H groups in total. The number of carbonyl (C=O) groups excluding carboxylic acids is 1. The molecule has 164 valence electrons. The lowest BCUT2D eigenvalue weighted by atomic mass is 9.81. The summed E-state index contributed by atoms with van der Waals surface area (Å²) in [5.74, 6) is -0.951. The molecule has 0 aromatic heterocycles. The summed E-state index contributed by atoms with van der Waals surface area (Å²) in [5, 5.41) is 26.1. The summed E-state index contributed by atoms with van der Waals surface area (Å²) in [6, 6.07) is 12.8. The molecular formula is C21H20F3N3O3S. The predicted molar refractivity (Wildman–Crippen MR) is 113 cm³/mol. The Hall–Kier alpha value is -2.56. The van der Waals surface area contributed by atoms with Crippen molar-refractivity contribution in [1.82, 2.24) is 0 Å². The number of benzene rings is 2. The number of nitrogens with zero attached hydrogens (tertiary/aromatic N) is 1. The lowest BCUT2D eigenvalue weighted by Crippen LogP contribution is -2.52. The molecule has 31 heavy (non-hydrogen) atoms. The van der Waals surface area contributed by atoms with Gasteiger partial charge in [0.05, 0.1) is 23.6 Å². The number of rotatable bonds is 3. The Kier molecular flexibility index (Phi) is 5.96. The van der Waals surface area contributed by atoms with Crippen molar-refractivity contribution in [3.8, 4) is 0 Å². The van der Waals surface area contributed by atoms with Gasteiger partial charge in [0.15, 0.2) is 5.17 Å². The number of anilines is 2. The summed E-state index contributed by atoms with van der Waals surface area (Å²) in [6.07, 6.45) is -6.72. The molecule has 1 fully saturated rings. The number of fused-ring (bicyclic) bond motifs is 1. The van der Waals surface area contributed by atoms with Crippen LogP contribution in [0.1, 0.15) is 12.0 Å². The van der Waals surface area contributed by atoms with Gasteiger partial charge >= 0.3 is 6.18 Å². The van der Waals surface area contributed by atoms with Gasteiger partial charge < -0.3 is 20.8 Å². The highest BCUT2D eigenvalue weighted by Crippen LogP contribution is 2.42. The molecule has 4 rings (SSSR count). The van der Waals surface area contributed by atoms with Crippen LogP contribution in [0.4, 0.5) is 24.5 Å². The molecule has 1 aliphatic heterocycles. The van der Waals surface area contributed by atoms with Crippen molar-refractivity contribution in [1.29, 1.82) is 0 Å². The third kappa shape index (κ3) is 4.70. The normalized spacial score (nSPS) is 27.9. The zero-order valence-corrected chi connectivity index (χ0v) is 16.9. The molecule has 5 atom stereocenters. The van der Waals surface area contributed by atoms with Gasteiger partial charge in [0.1, 0.15) is 6.10 Å². The van der Waals surface area contributed by atoms with Gasteiger partial charge in [0.2, 0.25) is 5.91 Å². The Labute approximate surface area is 180 Å². The van der Waals surface area contributed by atoms with Crippen molar-refractivity contribution in [2.45, 2.75) is 36.1 Å². The number of thioether (sulfide) groups is 1. The molecule has 0 radical (unpaired) electrons. The number of alkyl halides is 3. The van der Waals surface area contributed by atoms with Crippen molar-refractivity contribution < 1.29 is 28.2 Å². The molecule has 1 aliphatic carbocycles. The van der Waals surface area contributed by atoms with Crippen LogP contribution in [-0.2, 0) is 11.0 Å². The standard InChI is InChI=1S/C21H20F3N3O3S/c22-21(23,24)11-5-4-8-13(9-11)26-20-27-16-17(29)15(28)10-14(18(16)31-20)19(30)25-12-6-2-1-3-7-12/h1-9,14-18,28-29H,10H2,(H,25,30)(H,26,27). The minimum Gasteiger partial charge on any atom is -0.390 e. The fourth-order valence-corrected chi connectivity index (χ4v) is 5.14. The molecular weight excluding hydrogens is 431 g/mol. The number of hydrogen-bond acceptors (Lipinski definition) is 6. The molecule has 1 amide bonds. The molecule has 0 spiro atoms. The van der Waals surface area contributed by atoms with Crippen LogP contribution in [0, 0.1) is 5.92 Å². The molecule has 6 nitrogen and oxygen atoms in total. The highest BCUT2D eigenvalue weighted by atomic mass is 32.2. The molecule has 1 heterocycles. The van der Waals surface area contributed by atoms with Crippen LogP contribution in [0.15, 0.2) is 59.6 Å². The maximum absolute atomic E-state index is 13.0. The molecule has 2 aliphatic rings. The van der Waals surface area contributed by atoms with E-state index in [0.29, 0.717) is 10.9 Å². The largest absolute Gasteiger partial charge is 0.416 e. The second-order valence-electron chi connectivity index (χ2n) is 7.47. The quantitative estimate of drug-likeness (QED) is 0.575. The monoisotopic (exact) mass is 451 g/mol. The van der Waals surface area contributed by atoms with E-state index in [1.165, 1.54) is 23.9 Å². The van der Waals surface area contributed by atoms with Crippen LogP contribution in [-0.4, -0.2) is 44.8 Å². The van der Waals surface area contributed by atoms with Gasteiger partial charge in [-0.15, -0.1) is 0 Å². The number of aliphatic hydroxyl groups is 2. The molecule has 10 heteroatoms. The van der Waals surface area contributed by atoms with Gasteiger partial charge in [-0.05, 0) is 36.8 Å². The Morgan fingerprint density at radius 3 is 2.48 bits per heavy atom. The SMILES string of the molecule is O=C(Nc1ccccc1)C1CC(O)C(O)C2N=C(Nc3cccc(C(F)(F)F)c3)SC12. The van der Waals surface area contributed by atoms with Gasteiger partial charge in [-0.3, -0.25) is 9.79 Å². The third-order valence-corrected chi connectivity index (χ3v) is 6.62. The summed E-state index contributed by atoms with van der Waals surface area (Å²) >= 11 is 1.18. The Balaban J connectivity index is 1.51. The van der Waals surface area contributed by atoms with Crippen molar-refractivity contribution in [2.75, 3.05) is 10.6 Å². The first-order valence-electron chi connectivity index (χ1n) is 9.63. The summed E-state index contributed by atoms with van der Waals surface area (Å²) in [4.78, 5) is 17.2. The Morgan fingerprint density at radius 1 is 1.06 bits per heavy atom. The number of aliphatic imine (C=N–C) groups is 1. The summed E-state index contributed by atoms with van der Waals surface area (Å²) in [5.41, 5.74) is 0.00465. The summed E-state index contributed by atoms with van der Waals surface area (Å²) in [6.45, 7) is 0. The van der Waals surface area contributed by atoms with Crippen molar-refractivity contribution in [2.24, 2.45) is 10.9 Å². The number of amides is 1. The van der Waals surface area contributed by atoms with E-state index in [2.05, 4.69) is 15.6 Å². The van der Waals surface area contributed by atoms with E-state index in [-0.39, 0.29) is 18.0 Å². The molecule has 0 bridgehead atoms. The zero-order valence-electron chi connectivity index (χ0n) is 16.1. The lowest BCUT2D eigenvalue weighted by Gasteiger charge is -2.37. The van der Waals surface area contributed by atoms with Crippen LogP contribution in [0.3, 0.4) is 0 Å². The van der Waals surface area contributed by atoms with Crippen LogP contribution in [0.25, 0.3) is 0 Å². The molecule has 2 aromatic carbocycles. The van der Waals surface area contributed by atoms with Crippen molar-refractivity contribution >= 4 is 34.2 Å². The average molecular weight is 451 g/mol. The number of halogens is 3. The van der Waals surface area contributed by atoms with Gasteiger partial charge in [0, 0.05) is 16.6 Å². The number of nitrogens with one attached hydrogen (secondary N) is 2. The van der Waals surface area contributed by atoms with Gasteiger partial charge in [-0.25, -0.2) is 0 Å². The molecule has 0 saturated heterocycles. The van der Waals surface area contributed by atoms with Crippen LogP contribution >= 0.6 is 11.8 Å². The fraction of sp³-hybridized carbons (Fsp3) is 0.333. The van der Waals surface area contributed by atoms with E-state index < -0.39 is 41.2 Å². The smallest absolute Gasteiger partial charge is 0.390 e. The van der Waals surface area contributed by atoms with Gasteiger partial charge in [-0.2, -0.15) is 13.2 Å². The maximum Gasteiger partial charge on any atom is 0.416 e. The molecule has 2 aromatic rings. The zero-order chi connectivity index (χ0) is 22.2. The Morgan fingerprint density at radius 2 is 1.77 bits per heavy atom. The highest BCUT2D eigenvalue weighted by Gasteiger charge is 2.50. The van der Waals surface area contributed by atoms with E-state index in [9.17, 15) is 28.2 Å². The van der Waals surface area contributed by atoms with E-state index in [1.54, 1.807) is 24.3 Å². The maximum atomic E-state index is 13.0. The van der Waals surface area contributed by atoms with Crippen LogP contribution in [0.5, 0.6) is 0 Å². The number of para-hydroxylation sites is 1. The van der Waals surface area contributed by atoms with E-state index >= 15 is 0 Å². The minimum atomic E-state index is -4.47. The lowest BCUT2D eigenvalue weighted by molar-refractivity contribution is -0.137. The second-order valence-corrected chi connectivity index (χ2v) is 8.63. The minimum absolute atomic E-state index is 0.0559. The Bertz CT molecular complexity index is 987. The van der Waals surface area contributed by atoms with E-state index in [4.69, 9.17) is 0 Å². The van der Waals surface area contributed by atoms with E-state index in [0.717, 1.165) is 12.1 Å². The topological polar surface area (TPSA) is 94.0 Å². The van der Waals surface area contributed by atoms with Crippen molar-refractivity contribution in [3.05, 3.63) is 60.2 Å². The highest BCUT2D eigenvalue weighted by molar-refractivity contribution is 8.15. The number of amidine groups is 1. The third-order valence-electron chi connectivity index (χ3n) is 5.31. The first-order chi connectivity index (χ1) is 14.7. The fourth-order valence-electron chi connectivity index (χ4n) is 3.76. The van der Waals surface area contributed by atoms with Crippen LogP contribution in [0.2, 0.25) is 0 Å². The molecule has 1 saturated carbocycles. The van der Waals surface area contributed by atoms with E-state index in [1.807, 2.05) is 6.07 Å².